The molecule has 2 saturated heterocycles. The quantitative estimate of drug-likeness (QED) is 0.701. The second-order valence-corrected chi connectivity index (χ2v) is 8.80. The minimum Gasteiger partial charge on any atom is -0.381 e. The van der Waals surface area contributed by atoms with Crippen LogP contribution in [0.3, 0.4) is 0 Å². The standard InChI is InChI=1S/C25H35N5O2/c1-4-30(22-9-15-32-16-10-22)27-25(31)23-17-20(6-5-19(23)2)21-7-8-24(26-18-21)29-13-11-28(3)12-14-29/h5-8,17-18,22H,4,9-16H2,1-3H3,(H,27,31). The molecular weight excluding hydrogens is 402 g/mol. The number of carbonyl (C=O) groups excluding carboxylic acids is 1. The first-order valence-corrected chi connectivity index (χ1v) is 11.7. The molecular formula is C25H35N5O2. The van der Waals surface area contributed by atoms with E-state index >= 15 is 0 Å². The third-order valence-electron chi connectivity index (χ3n) is 6.61. The molecule has 1 amide bonds. The van der Waals surface area contributed by atoms with E-state index in [0.29, 0.717) is 11.6 Å². The average Bonchev–Trinajstić information content (AvgIpc) is 2.84. The lowest BCUT2D eigenvalue weighted by Crippen LogP contribution is -2.50. The maximum Gasteiger partial charge on any atom is 0.265 e. The van der Waals surface area contributed by atoms with Crippen LogP contribution in [-0.4, -0.2) is 79.8 Å². The number of aryl methyl sites for hydroxylation is 1. The molecule has 0 spiro atoms. The van der Waals surface area contributed by atoms with Gasteiger partial charge in [-0.3, -0.25) is 10.2 Å². The van der Waals surface area contributed by atoms with Gasteiger partial charge in [0, 0.05) is 69.3 Å². The number of ether oxygens (including phenoxy) is 1. The average molecular weight is 438 g/mol. The number of benzene rings is 1. The van der Waals surface area contributed by atoms with Crippen molar-refractivity contribution in [1.82, 2.24) is 20.3 Å². The molecule has 4 rings (SSSR count). The van der Waals surface area contributed by atoms with Crippen LogP contribution in [0.25, 0.3) is 11.1 Å². The molecule has 0 saturated carbocycles. The third kappa shape index (κ3) is 5.28. The molecule has 0 bridgehead atoms. The van der Waals surface area contributed by atoms with Crippen molar-refractivity contribution in [1.29, 1.82) is 0 Å². The molecule has 7 nitrogen and oxygen atoms in total. The Morgan fingerprint density at radius 1 is 1.12 bits per heavy atom. The number of hydrazine groups is 1. The molecule has 0 unspecified atom stereocenters. The maximum atomic E-state index is 13.1. The minimum absolute atomic E-state index is 0.0558. The molecule has 2 fully saturated rings. The van der Waals surface area contributed by atoms with Gasteiger partial charge in [-0.1, -0.05) is 19.1 Å². The van der Waals surface area contributed by atoms with E-state index in [0.717, 1.165) is 81.3 Å². The van der Waals surface area contributed by atoms with E-state index in [2.05, 4.69) is 52.4 Å². The summed E-state index contributed by atoms with van der Waals surface area (Å²) < 4.78 is 5.47. The fraction of sp³-hybridized carbons (Fsp3) is 0.520. The Labute approximate surface area is 191 Å². The van der Waals surface area contributed by atoms with Crippen molar-refractivity contribution >= 4 is 11.7 Å². The fourth-order valence-electron chi connectivity index (χ4n) is 4.44. The van der Waals surface area contributed by atoms with Crippen LogP contribution in [0.2, 0.25) is 0 Å². The normalized spacial score (nSPS) is 18.2. The summed E-state index contributed by atoms with van der Waals surface area (Å²) in [7, 11) is 2.16. The number of hydrogen-bond donors (Lipinski definition) is 1. The Bertz CT molecular complexity index is 903. The van der Waals surface area contributed by atoms with Gasteiger partial charge in [-0.2, -0.15) is 0 Å². The second kappa shape index (κ2) is 10.4. The summed E-state index contributed by atoms with van der Waals surface area (Å²) in [5, 5.41) is 2.06. The number of amides is 1. The Hall–Kier alpha value is -2.48. The van der Waals surface area contributed by atoms with Crippen LogP contribution in [0.1, 0.15) is 35.7 Å². The number of hydrogen-bond acceptors (Lipinski definition) is 6. The lowest BCUT2D eigenvalue weighted by molar-refractivity contribution is 0.0147. The van der Waals surface area contributed by atoms with Crippen LogP contribution < -0.4 is 10.3 Å². The Morgan fingerprint density at radius 3 is 2.50 bits per heavy atom. The molecule has 2 aliphatic rings. The summed E-state index contributed by atoms with van der Waals surface area (Å²) in [6, 6.07) is 10.6. The summed E-state index contributed by atoms with van der Waals surface area (Å²) in [6.45, 7) is 10.4. The van der Waals surface area contributed by atoms with Crippen molar-refractivity contribution in [3.63, 3.8) is 0 Å². The third-order valence-corrected chi connectivity index (χ3v) is 6.61. The number of aromatic nitrogens is 1. The predicted molar refractivity (Wildman–Crippen MR) is 128 cm³/mol. The van der Waals surface area contributed by atoms with Crippen LogP contribution in [-0.2, 0) is 4.74 Å². The van der Waals surface area contributed by atoms with Crippen molar-refractivity contribution in [2.24, 2.45) is 0 Å². The van der Waals surface area contributed by atoms with Gasteiger partial charge in [0.15, 0.2) is 0 Å². The first kappa shape index (κ1) is 22.7. The van der Waals surface area contributed by atoms with Gasteiger partial charge >= 0.3 is 0 Å². The largest absolute Gasteiger partial charge is 0.381 e. The molecule has 2 aliphatic heterocycles. The van der Waals surface area contributed by atoms with Gasteiger partial charge in [0.1, 0.15) is 5.82 Å². The van der Waals surface area contributed by atoms with E-state index in [9.17, 15) is 4.79 Å². The first-order valence-electron chi connectivity index (χ1n) is 11.7. The number of nitrogens with one attached hydrogen (secondary N) is 1. The van der Waals surface area contributed by atoms with Gasteiger partial charge < -0.3 is 14.5 Å². The first-order chi connectivity index (χ1) is 15.5. The van der Waals surface area contributed by atoms with Crippen LogP contribution in [0.15, 0.2) is 36.5 Å². The highest BCUT2D eigenvalue weighted by molar-refractivity contribution is 5.96. The van der Waals surface area contributed by atoms with Crippen LogP contribution >= 0.6 is 0 Å². The highest BCUT2D eigenvalue weighted by Gasteiger charge is 2.23. The second-order valence-electron chi connectivity index (χ2n) is 8.80. The lowest BCUT2D eigenvalue weighted by atomic mass is 10.0. The monoisotopic (exact) mass is 437 g/mol. The Balaban J connectivity index is 1.47. The van der Waals surface area contributed by atoms with E-state index in [1.807, 2.05) is 25.3 Å². The number of likely N-dealkylation sites (N-methyl/N-ethyl adjacent to an activating group) is 1. The van der Waals surface area contributed by atoms with Crippen LogP contribution in [0.5, 0.6) is 0 Å². The summed E-state index contributed by atoms with van der Waals surface area (Å²) >= 11 is 0. The zero-order valence-corrected chi connectivity index (χ0v) is 19.5. The van der Waals surface area contributed by atoms with Gasteiger partial charge in [-0.15, -0.1) is 0 Å². The molecule has 7 heteroatoms. The number of anilines is 1. The van der Waals surface area contributed by atoms with Crippen LogP contribution in [0.4, 0.5) is 5.82 Å². The Kier molecular flexibility index (Phi) is 7.40. The SMILES string of the molecule is CCN(NC(=O)c1cc(-c2ccc(N3CCN(C)CC3)nc2)ccc1C)C1CCOCC1. The summed E-state index contributed by atoms with van der Waals surface area (Å²) in [5.41, 5.74) is 6.84. The maximum absolute atomic E-state index is 13.1. The van der Waals surface area contributed by atoms with Crippen LogP contribution in [0, 0.1) is 6.92 Å². The molecule has 3 heterocycles. The van der Waals surface area contributed by atoms with Gasteiger partial charge in [-0.05, 0) is 56.1 Å². The van der Waals surface area contributed by atoms with Gasteiger partial charge in [0.05, 0.1) is 0 Å². The van der Waals surface area contributed by atoms with E-state index in [1.54, 1.807) is 0 Å². The number of piperazine rings is 1. The van der Waals surface area contributed by atoms with Crippen molar-refractivity contribution in [2.45, 2.75) is 32.7 Å². The number of nitrogens with zero attached hydrogens (tertiary/aromatic N) is 4. The molecule has 0 radical (unpaired) electrons. The topological polar surface area (TPSA) is 60.9 Å². The zero-order chi connectivity index (χ0) is 22.5. The van der Waals surface area contributed by atoms with E-state index in [1.165, 1.54) is 0 Å². The number of pyridine rings is 1. The molecule has 0 atom stereocenters. The Morgan fingerprint density at radius 2 is 1.84 bits per heavy atom. The molecule has 172 valence electrons. The smallest absolute Gasteiger partial charge is 0.265 e. The van der Waals surface area contributed by atoms with Gasteiger partial charge in [0.2, 0.25) is 0 Å². The van der Waals surface area contributed by atoms with Crippen molar-refractivity contribution in [3.8, 4) is 11.1 Å². The molecule has 1 N–H and O–H groups in total. The van der Waals surface area contributed by atoms with Crippen molar-refractivity contribution < 1.29 is 9.53 Å². The summed E-state index contributed by atoms with van der Waals surface area (Å²) in [6.07, 6.45) is 3.80. The van der Waals surface area contributed by atoms with Gasteiger partial charge in [-0.25, -0.2) is 9.99 Å². The fourth-order valence-corrected chi connectivity index (χ4v) is 4.44. The highest BCUT2D eigenvalue weighted by atomic mass is 16.5. The minimum atomic E-state index is -0.0558. The molecule has 1 aromatic heterocycles. The molecule has 2 aromatic rings. The van der Waals surface area contributed by atoms with E-state index in [-0.39, 0.29) is 5.91 Å². The van der Waals surface area contributed by atoms with Crippen molar-refractivity contribution in [2.75, 3.05) is 57.9 Å². The predicted octanol–water partition coefficient (Wildman–Crippen LogP) is 2.95. The van der Waals surface area contributed by atoms with Crippen molar-refractivity contribution in [3.05, 3.63) is 47.7 Å². The number of carbonyl (C=O) groups is 1. The van der Waals surface area contributed by atoms with Gasteiger partial charge in [0.25, 0.3) is 5.91 Å². The molecule has 1 aromatic carbocycles. The van der Waals surface area contributed by atoms with E-state index in [4.69, 9.17) is 9.72 Å². The number of rotatable bonds is 6. The zero-order valence-electron chi connectivity index (χ0n) is 19.5. The molecule has 0 aliphatic carbocycles. The molecule has 32 heavy (non-hydrogen) atoms. The van der Waals surface area contributed by atoms with E-state index < -0.39 is 0 Å². The lowest BCUT2D eigenvalue weighted by Gasteiger charge is -2.33. The summed E-state index contributed by atoms with van der Waals surface area (Å²) in [4.78, 5) is 22.5. The summed E-state index contributed by atoms with van der Waals surface area (Å²) in [5.74, 6) is 0.960. The highest BCUT2D eigenvalue weighted by Crippen LogP contribution is 2.24.